The number of halogens is 1. The third-order valence-electron chi connectivity index (χ3n) is 2.23. The van der Waals surface area contributed by atoms with Crippen molar-refractivity contribution < 1.29 is 19.1 Å². The minimum absolute atomic E-state index is 0.403. The van der Waals surface area contributed by atoms with Crippen molar-refractivity contribution in [3.05, 3.63) is 9.11 Å². The molecule has 1 N–H and O–H groups in total. The Bertz CT molecular complexity index is 473. The number of nitrogens with one attached hydrogen (secondary N) is 1. The molecule has 1 rings (SSSR count). The van der Waals surface area contributed by atoms with Crippen LogP contribution in [0.4, 0.5) is 4.79 Å². The normalized spacial score (nSPS) is 26.2. The highest BCUT2D eigenvalue weighted by Gasteiger charge is 2.39. The van der Waals surface area contributed by atoms with E-state index in [1.165, 1.54) is 6.92 Å². The molecule has 0 aliphatic carbocycles. The summed E-state index contributed by atoms with van der Waals surface area (Å²) in [4.78, 5) is 27.2. The Hall–Kier alpha value is -0.770. The second kappa shape index (κ2) is 6.33. The van der Waals surface area contributed by atoms with E-state index >= 15 is 0 Å². The van der Waals surface area contributed by atoms with Crippen LogP contribution in [0.2, 0.25) is 0 Å². The van der Waals surface area contributed by atoms with Crippen LogP contribution < -0.4 is 4.72 Å². The molecule has 0 aromatic carbocycles. The van der Waals surface area contributed by atoms with Crippen molar-refractivity contribution in [3.8, 4) is 0 Å². The Labute approximate surface area is 134 Å². The van der Waals surface area contributed by atoms with Crippen LogP contribution in [0.3, 0.4) is 0 Å². The quantitative estimate of drug-likeness (QED) is 0.567. The summed E-state index contributed by atoms with van der Waals surface area (Å²) in [6, 6.07) is 0. The molecule has 8 heteroatoms. The standard InChI is InChI=1S/C12H19IN2O4S/c1-8(16)18-9(2)20(7-14-6-10(20)13)15-11(17)19-12(3,4)5/h6-7,9H,1-5H3,(H,15,17). The third kappa shape index (κ3) is 4.37. The zero-order valence-electron chi connectivity index (χ0n) is 12.1. The maximum Gasteiger partial charge on any atom is 0.417 e. The van der Waals surface area contributed by atoms with Crippen LogP contribution in [0, 0.1) is 0 Å². The lowest BCUT2D eigenvalue weighted by Gasteiger charge is -2.38. The fourth-order valence-electron chi connectivity index (χ4n) is 1.47. The van der Waals surface area contributed by atoms with Crippen LogP contribution in [0.5, 0.6) is 0 Å². The molecule has 0 bridgehead atoms. The van der Waals surface area contributed by atoms with Gasteiger partial charge in [0.15, 0.2) is 5.44 Å². The van der Waals surface area contributed by atoms with E-state index in [2.05, 4.69) is 32.3 Å². The third-order valence-corrected chi connectivity index (χ3v) is 7.55. The monoisotopic (exact) mass is 414 g/mol. The Morgan fingerprint density at radius 1 is 1.45 bits per heavy atom. The topological polar surface area (TPSA) is 77.0 Å². The number of hydrogen-bond donors (Lipinski definition) is 1. The maximum atomic E-state index is 12.0. The van der Waals surface area contributed by atoms with Gasteiger partial charge in [-0.3, -0.25) is 14.5 Å². The number of hydrogen-bond acceptors (Lipinski definition) is 5. The summed E-state index contributed by atoms with van der Waals surface area (Å²) in [6.07, 6.45) is 1.09. The highest BCUT2D eigenvalue weighted by atomic mass is 127. The molecule has 0 fully saturated rings. The molecule has 20 heavy (non-hydrogen) atoms. The second-order valence-electron chi connectivity index (χ2n) is 5.18. The van der Waals surface area contributed by atoms with E-state index in [1.807, 2.05) is 0 Å². The lowest BCUT2D eigenvalue weighted by atomic mass is 10.2. The minimum atomic E-state index is -2.00. The Kier molecular flexibility index (Phi) is 5.47. The number of rotatable bonds is 3. The lowest BCUT2D eigenvalue weighted by molar-refractivity contribution is -0.141. The van der Waals surface area contributed by atoms with E-state index in [0.29, 0.717) is 0 Å². The molecule has 0 radical (unpaired) electrons. The molecule has 0 aromatic rings. The summed E-state index contributed by atoms with van der Waals surface area (Å²) in [7, 11) is -2.00. The summed E-state index contributed by atoms with van der Waals surface area (Å²) in [5.41, 5.74) is 0.522. The predicted octanol–water partition coefficient (Wildman–Crippen LogP) is 3.42. The predicted molar refractivity (Wildman–Crippen MR) is 88.8 cm³/mol. The van der Waals surface area contributed by atoms with Crippen LogP contribution in [0.15, 0.2) is 14.1 Å². The van der Waals surface area contributed by atoms with Gasteiger partial charge in [0.1, 0.15) is 5.60 Å². The lowest BCUT2D eigenvalue weighted by Crippen LogP contribution is -2.39. The van der Waals surface area contributed by atoms with Gasteiger partial charge in [-0.1, -0.05) is 10.2 Å². The van der Waals surface area contributed by atoms with Gasteiger partial charge < -0.3 is 9.47 Å². The first-order chi connectivity index (χ1) is 9.07. The Morgan fingerprint density at radius 3 is 2.45 bits per heavy atom. The molecule has 2 atom stereocenters. The van der Waals surface area contributed by atoms with Gasteiger partial charge in [0.2, 0.25) is 0 Å². The van der Waals surface area contributed by atoms with Gasteiger partial charge in [0.05, 0.1) is 8.46 Å². The van der Waals surface area contributed by atoms with Crippen molar-refractivity contribution in [2.75, 3.05) is 0 Å². The molecular weight excluding hydrogens is 395 g/mol. The number of aliphatic imine (C=N–C) groups is 1. The van der Waals surface area contributed by atoms with Crippen LogP contribution >= 0.6 is 32.8 Å². The largest absolute Gasteiger partial charge is 0.451 e. The number of ether oxygens (including phenoxy) is 2. The van der Waals surface area contributed by atoms with Crippen molar-refractivity contribution >= 4 is 50.4 Å². The first-order valence-electron chi connectivity index (χ1n) is 5.96. The summed E-state index contributed by atoms with van der Waals surface area (Å²) >= 11 is 2.09. The van der Waals surface area contributed by atoms with Gasteiger partial charge >= 0.3 is 12.1 Å². The van der Waals surface area contributed by atoms with E-state index in [1.54, 1.807) is 39.4 Å². The van der Waals surface area contributed by atoms with E-state index in [4.69, 9.17) is 9.47 Å². The van der Waals surface area contributed by atoms with Gasteiger partial charge in [-0.05, 0) is 50.3 Å². The number of carbonyl (C=O) groups excluding carboxylic acids is 2. The SMILES string of the molecule is CC(=O)OC(C)S1(NC(=O)OC(C)(C)C)C=NC=C1I. The van der Waals surface area contributed by atoms with Crippen LogP contribution in [-0.4, -0.2) is 28.6 Å². The number of esters is 1. The molecule has 6 nitrogen and oxygen atoms in total. The summed E-state index contributed by atoms with van der Waals surface area (Å²) in [6.45, 7) is 8.42. The van der Waals surface area contributed by atoms with Crippen molar-refractivity contribution in [3.63, 3.8) is 0 Å². The van der Waals surface area contributed by atoms with Crippen molar-refractivity contribution in [2.45, 2.75) is 45.7 Å². The minimum Gasteiger partial charge on any atom is -0.451 e. The van der Waals surface area contributed by atoms with Gasteiger partial charge in [-0.25, -0.2) is 4.79 Å². The summed E-state index contributed by atoms with van der Waals surface area (Å²) in [5, 5.41) is 0. The van der Waals surface area contributed by atoms with E-state index < -0.39 is 33.3 Å². The first kappa shape index (κ1) is 17.3. The average Bonchev–Trinajstić information content (AvgIpc) is 2.57. The number of nitrogens with zero attached hydrogens (tertiary/aromatic N) is 1. The molecule has 1 heterocycles. The highest BCUT2D eigenvalue weighted by molar-refractivity contribution is 14.1. The van der Waals surface area contributed by atoms with Gasteiger partial charge in [0, 0.05) is 13.1 Å². The summed E-state index contributed by atoms with van der Waals surface area (Å²) < 4.78 is 14.1. The number of amides is 1. The molecular formula is C12H19IN2O4S. The fraction of sp³-hybridized carbons (Fsp3) is 0.583. The molecule has 0 spiro atoms. The van der Waals surface area contributed by atoms with Crippen molar-refractivity contribution in [2.24, 2.45) is 4.99 Å². The molecule has 0 saturated carbocycles. The number of carbonyl (C=O) groups is 2. The first-order valence-corrected chi connectivity index (χ1v) is 8.80. The second-order valence-corrected chi connectivity index (χ2v) is 10.0. The molecule has 1 aliphatic rings. The average molecular weight is 414 g/mol. The van der Waals surface area contributed by atoms with E-state index in [-0.39, 0.29) is 0 Å². The van der Waals surface area contributed by atoms with E-state index in [0.717, 1.165) is 2.91 Å². The van der Waals surface area contributed by atoms with Gasteiger partial charge in [0.25, 0.3) is 0 Å². The van der Waals surface area contributed by atoms with Crippen LogP contribution in [0.1, 0.15) is 34.6 Å². The highest BCUT2D eigenvalue weighted by Crippen LogP contribution is 2.59. The van der Waals surface area contributed by atoms with E-state index in [9.17, 15) is 9.59 Å². The van der Waals surface area contributed by atoms with Crippen molar-refractivity contribution in [1.29, 1.82) is 0 Å². The van der Waals surface area contributed by atoms with Gasteiger partial charge in [-0.15, -0.1) is 0 Å². The zero-order chi connectivity index (χ0) is 15.6. The molecule has 0 aromatic heterocycles. The smallest absolute Gasteiger partial charge is 0.417 e. The molecule has 0 saturated heterocycles. The van der Waals surface area contributed by atoms with Gasteiger partial charge in [-0.2, -0.15) is 0 Å². The van der Waals surface area contributed by atoms with Crippen LogP contribution in [-0.2, 0) is 14.3 Å². The maximum absolute atomic E-state index is 12.0. The van der Waals surface area contributed by atoms with Crippen molar-refractivity contribution in [1.82, 2.24) is 4.72 Å². The molecule has 1 aliphatic heterocycles. The Morgan fingerprint density at radius 2 is 2.05 bits per heavy atom. The Balaban J connectivity index is 2.92. The summed E-state index contributed by atoms with van der Waals surface area (Å²) in [5.74, 6) is -0.403. The molecule has 2 unspecified atom stereocenters. The van der Waals surface area contributed by atoms with Crippen LogP contribution in [0.25, 0.3) is 0 Å². The fourth-order valence-corrected chi connectivity index (χ4v) is 5.38. The molecule has 1 amide bonds. The molecule has 114 valence electrons. The zero-order valence-corrected chi connectivity index (χ0v) is 15.1.